The summed E-state index contributed by atoms with van der Waals surface area (Å²) in [6.07, 6.45) is -1.23. The van der Waals surface area contributed by atoms with E-state index in [2.05, 4.69) is 5.32 Å². The summed E-state index contributed by atoms with van der Waals surface area (Å²) in [4.78, 5) is 27.7. The summed E-state index contributed by atoms with van der Waals surface area (Å²) in [6, 6.07) is 11.4. The van der Waals surface area contributed by atoms with Crippen LogP contribution in [0.1, 0.15) is 18.5 Å². The summed E-state index contributed by atoms with van der Waals surface area (Å²) in [6.45, 7) is 3.85. The maximum absolute atomic E-state index is 15.1. The number of rotatable bonds is 6. The van der Waals surface area contributed by atoms with Crippen molar-refractivity contribution in [2.24, 2.45) is 0 Å². The number of morpholine rings is 1. The zero-order valence-corrected chi connectivity index (χ0v) is 18.0. The fourth-order valence-corrected chi connectivity index (χ4v) is 4.07. The number of cyclic esters (lactones) is 1. The molecule has 1 N–H and O–H groups in total. The molecule has 2 aromatic rings. The normalized spacial score (nSPS) is 20.8. The number of nitrogens with one attached hydrogen (secondary N) is 1. The lowest BCUT2D eigenvalue weighted by molar-refractivity contribution is -0.119. The molecule has 2 atom stereocenters. The van der Waals surface area contributed by atoms with Gasteiger partial charge in [-0.15, -0.1) is 0 Å². The first kappa shape index (κ1) is 21.9. The number of carbonyl (C=O) groups is 2. The van der Waals surface area contributed by atoms with Gasteiger partial charge in [0.05, 0.1) is 38.2 Å². The first-order valence-corrected chi connectivity index (χ1v) is 10.5. The van der Waals surface area contributed by atoms with Crippen molar-refractivity contribution in [1.29, 1.82) is 0 Å². The summed E-state index contributed by atoms with van der Waals surface area (Å²) < 4.78 is 31.2. The zero-order chi connectivity index (χ0) is 22.7. The molecule has 0 aromatic heterocycles. The Morgan fingerprint density at radius 3 is 2.53 bits per heavy atom. The maximum atomic E-state index is 15.1. The molecule has 2 aromatic carbocycles. The van der Waals surface area contributed by atoms with E-state index in [0.29, 0.717) is 43.4 Å². The second-order valence-corrected chi connectivity index (χ2v) is 7.68. The number of anilines is 2. The van der Waals surface area contributed by atoms with E-state index in [4.69, 9.17) is 14.2 Å². The van der Waals surface area contributed by atoms with Gasteiger partial charge < -0.3 is 24.4 Å². The second-order valence-electron chi connectivity index (χ2n) is 7.68. The van der Waals surface area contributed by atoms with Gasteiger partial charge >= 0.3 is 6.09 Å². The van der Waals surface area contributed by atoms with Gasteiger partial charge in [-0.05, 0) is 35.9 Å². The minimum Gasteiger partial charge on any atom is -0.497 e. The predicted molar refractivity (Wildman–Crippen MR) is 117 cm³/mol. The molecule has 0 spiro atoms. The van der Waals surface area contributed by atoms with Crippen LogP contribution in [0, 0.1) is 5.82 Å². The number of carbonyl (C=O) groups excluding carboxylic acids is 2. The maximum Gasteiger partial charge on any atom is 0.415 e. The highest BCUT2D eigenvalue weighted by Crippen LogP contribution is 2.39. The molecule has 0 saturated carbocycles. The van der Waals surface area contributed by atoms with Crippen molar-refractivity contribution >= 4 is 23.4 Å². The predicted octanol–water partition coefficient (Wildman–Crippen LogP) is 2.87. The Morgan fingerprint density at radius 2 is 1.91 bits per heavy atom. The molecule has 2 fully saturated rings. The third-order valence-corrected chi connectivity index (χ3v) is 5.65. The number of methoxy groups -OCH3 is 1. The van der Waals surface area contributed by atoms with Gasteiger partial charge in [0.2, 0.25) is 5.91 Å². The fourth-order valence-electron chi connectivity index (χ4n) is 4.07. The molecule has 8 nitrogen and oxygen atoms in total. The van der Waals surface area contributed by atoms with Crippen LogP contribution in [0.3, 0.4) is 0 Å². The summed E-state index contributed by atoms with van der Waals surface area (Å²) in [5, 5.41) is 2.71. The third-order valence-electron chi connectivity index (χ3n) is 5.65. The van der Waals surface area contributed by atoms with E-state index in [1.165, 1.54) is 17.9 Å². The van der Waals surface area contributed by atoms with Crippen molar-refractivity contribution in [3.05, 3.63) is 53.8 Å². The summed E-state index contributed by atoms with van der Waals surface area (Å²) in [5.74, 6) is 0.0229. The first-order valence-electron chi connectivity index (χ1n) is 10.5. The topological polar surface area (TPSA) is 80.3 Å². The highest BCUT2D eigenvalue weighted by molar-refractivity contribution is 5.91. The molecule has 32 heavy (non-hydrogen) atoms. The van der Waals surface area contributed by atoms with E-state index >= 15 is 4.39 Å². The lowest BCUT2D eigenvalue weighted by Crippen LogP contribution is -2.37. The van der Waals surface area contributed by atoms with Crippen LogP contribution in [0.5, 0.6) is 5.75 Å². The van der Waals surface area contributed by atoms with Crippen LogP contribution < -0.4 is 19.9 Å². The van der Waals surface area contributed by atoms with Crippen molar-refractivity contribution in [2.75, 3.05) is 49.8 Å². The number of hydrogen-bond acceptors (Lipinski definition) is 6. The van der Waals surface area contributed by atoms with Gasteiger partial charge in [0.15, 0.2) is 0 Å². The Hall–Kier alpha value is -3.33. The van der Waals surface area contributed by atoms with Crippen LogP contribution in [0.15, 0.2) is 42.5 Å². The van der Waals surface area contributed by atoms with Crippen LogP contribution in [0.2, 0.25) is 0 Å². The van der Waals surface area contributed by atoms with Crippen LogP contribution >= 0.6 is 0 Å². The molecule has 0 radical (unpaired) electrons. The molecule has 2 aliphatic rings. The minimum atomic E-state index is -0.637. The number of ether oxygens (including phenoxy) is 3. The van der Waals surface area contributed by atoms with Crippen molar-refractivity contribution in [3.8, 4) is 5.75 Å². The number of nitrogens with zero attached hydrogens (tertiary/aromatic N) is 2. The molecule has 0 bridgehead atoms. The van der Waals surface area contributed by atoms with Gasteiger partial charge in [-0.2, -0.15) is 0 Å². The minimum absolute atomic E-state index is 0.141. The molecular formula is C23H26FN3O5. The number of benzene rings is 2. The molecule has 0 unspecified atom stereocenters. The van der Waals surface area contributed by atoms with Crippen molar-refractivity contribution in [3.63, 3.8) is 0 Å². The van der Waals surface area contributed by atoms with Crippen LogP contribution in [-0.4, -0.2) is 58.1 Å². The number of amides is 2. The van der Waals surface area contributed by atoms with Crippen LogP contribution in [0.25, 0.3) is 0 Å². The zero-order valence-electron chi connectivity index (χ0n) is 18.0. The SMILES string of the molecule is COc1ccc([C@@H]2[C@@H](CNC(C)=O)OC(=O)N2c2ccc(N3CCOCC3)c(F)c2)cc1. The number of halogens is 1. The van der Waals surface area contributed by atoms with E-state index in [0.717, 1.165) is 5.56 Å². The van der Waals surface area contributed by atoms with E-state index in [9.17, 15) is 9.59 Å². The summed E-state index contributed by atoms with van der Waals surface area (Å²) in [7, 11) is 1.57. The fraction of sp³-hybridized carbons (Fsp3) is 0.391. The van der Waals surface area contributed by atoms with Crippen molar-refractivity contribution in [1.82, 2.24) is 5.32 Å². The summed E-state index contributed by atoms with van der Waals surface area (Å²) in [5.41, 5.74) is 1.64. The van der Waals surface area contributed by atoms with Gasteiger partial charge in [-0.1, -0.05) is 12.1 Å². The van der Waals surface area contributed by atoms with Crippen LogP contribution in [0.4, 0.5) is 20.6 Å². The average Bonchev–Trinajstić information content (AvgIpc) is 3.14. The van der Waals surface area contributed by atoms with Gasteiger partial charge in [0, 0.05) is 20.0 Å². The molecule has 2 heterocycles. The van der Waals surface area contributed by atoms with Crippen LogP contribution in [-0.2, 0) is 14.3 Å². The van der Waals surface area contributed by atoms with E-state index in [1.54, 1.807) is 31.4 Å². The highest BCUT2D eigenvalue weighted by atomic mass is 19.1. The molecule has 9 heteroatoms. The van der Waals surface area contributed by atoms with Crippen molar-refractivity contribution < 1.29 is 28.2 Å². The molecule has 2 saturated heterocycles. The van der Waals surface area contributed by atoms with Gasteiger partial charge in [-0.3, -0.25) is 9.69 Å². The standard InChI is InChI=1S/C23H26FN3O5/c1-15(28)25-14-21-22(16-3-6-18(30-2)7-4-16)27(23(29)32-21)17-5-8-20(19(24)13-17)26-9-11-31-12-10-26/h3-8,13,21-22H,9-12,14H2,1-2H3,(H,25,28)/t21-,22-/m1/s1. The Kier molecular flexibility index (Phi) is 6.45. The van der Waals surface area contributed by atoms with Gasteiger partial charge in [-0.25, -0.2) is 9.18 Å². The third kappa shape index (κ3) is 4.47. The molecule has 0 aliphatic carbocycles. The Bertz CT molecular complexity index is 978. The highest BCUT2D eigenvalue weighted by Gasteiger charge is 2.44. The quantitative estimate of drug-likeness (QED) is 0.740. The van der Waals surface area contributed by atoms with Gasteiger partial charge in [0.25, 0.3) is 0 Å². The second kappa shape index (κ2) is 9.44. The molecule has 4 rings (SSSR count). The van der Waals surface area contributed by atoms with Gasteiger partial charge in [0.1, 0.15) is 23.7 Å². The van der Waals surface area contributed by atoms with Crippen molar-refractivity contribution in [2.45, 2.75) is 19.1 Å². The lowest BCUT2D eigenvalue weighted by Gasteiger charge is -2.30. The Morgan fingerprint density at radius 1 is 1.19 bits per heavy atom. The Balaban J connectivity index is 1.66. The first-order chi connectivity index (χ1) is 15.5. The average molecular weight is 443 g/mol. The smallest absolute Gasteiger partial charge is 0.415 e. The molecule has 2 aliphatic heterocycles. The molecule has 170 valence electrons. The summed E-state index contributed by atoms with van der Waals surface area (Å²) >= 11 is 0. The Labute approximate surface area is 185 Å². The monoisotopic (exact) mass is 443 g/mol. The molecule has 2 amide bonds. The van der Waals surface area contributed by atoms with E-state index in [1.807, 2.05) is 17.0 Å². The number of hydrogen-bond donors (Lipinski definition) is 1. The van der Waals surface area contributed by atoms with E-state index < -0.39 is 24.1 Å². The molecular weight excluding hydrogens is 417 g/mol. The largest absolute Gasteiger partial charge is 0.497 e. The lowest BCUT2D eigenvalue weighted by atomic mass is 9.99. The van der Waals surface area contributed by atoms with E-state index in [-0.39, 0.29) is 12.5 Å².